The maximum atomic E-state index is 13.6. The lowest BCUT2D eigenvalue weighted by Crippen LogP contribution is -1.79. The van der Waals surface area contributed by atoms with E-state index in [9.17, 15) is 4.39 Å². The fourth-order valence-electron chi connectivity index (χ4n) is 2.38. The number of hydrogen-bond donors (Lipinski definition) is 0. The Morgan fingerprint density at radius 3 is 2.70 bits per heavy atom. The normalized spacial score (nSPS) is 11.5. The van der Waals surface area contributed by atoms with Crippen LogP contribution in [0.15, 0.2) is 69.7 Å². The van der Waals surface area contributed by atoms with Crippen molar-refractivity contribution in [3.05, 3.63) is 78.1 Å². The van der Waals surface area contributed by atoms with Gasteiger partial charge in [0.2, 0.25) is 5.89 Å². The Hall–Kier alpha value is -3.14. The third-order valence-electron chi connectivity index (χ3n) is 3.52. The van der Waals surface area contributed by atoms with Gasteiger partial charge in [-0.25, -0.2) is 9.37 Å². The number of benzene rings is 2. The average Bonchev–Trinajstić information content (AvgIpc) is 3.22. The molecule has 0 fully saturated rings. The van der Waals surface area contributed by atoms with Crippen LogP contribution in [0.3, 0.4) is 0 Å². The number of hydrogen-bond acceptors (Lipinski definition) is 3. The Morgan fingerprint density at radius 1 is 0.957 bits per heavy atom. The third kappa shape index (κ3) is 2.66. The molecule has 0 unspecified atom stereocenters. The molecule has 0 bridgehead atoms. The number of fused-ring (bicyclic) bond motifs is 1. The van der Waals surface area contributed by atoms with Gasteiger partial charge in [0.05, 0.1) is 6.26 Å². The lowest BCUT2D eigenvalue weighted by molar-refractivity contribution is 0.582. The van der Waals surface area contributed by atoms with E-state index in [-0.39, 0.29) is 5.82 Å². The molecular weight excluding hydrogens is 293 g/mol. The zero-order chi connectivity index (χ0) is 15.6. The first-order valence-corrected chi connectivity index (χ1v) is 7.17. The quantitative estimate of drug-likeness (QED) is 0.509. The molecule has 0 amide bonds. The number of rotatable bonds is 3. The summed E-state index contributed by atoms with van der Waals surface area (Å²) in [6.45, 7) is 0. The van der Waals surface area contributed by atoms with Crippen molar-refractivity contribution in [1.82, 2.24) is 4.98 Å². The van der Waals surface area contributed by atoms with E-state index in [1.165, 1.54) is 6.07 Å². The molecule has 4 rings (SSSR count). The van der Waals surface area contributed by atoms with Gasteiger partial charge in [0.25, 0.3) is 0 Å². The van der Waals surface area contributed by atoms with Crippen LogP contribution in [0.4, 0.5) is 4.39 Å². The third-order valence-corrected chi connectivity index (χ3v) is 3.52. The van der Waals surface area contributed by atoms with Crippen LogP contribution in [0.1, 0.15) is 11.5 Å². The van der Waals surface area contributed by atoms with Crippen molar-refractivity contribution in [2.75, 3.05) is 0 Å². The number of oxazole rings is 1. The van der Waals surface area contributed by atoms with Gasteiger partial charge in [0.15, 0.2) is 5.58 Å². The summed E-state index contributed by atoms with van der Waals surface area (Å²) >= 11 is 0. The molecule has 0 spiro atoms. The summed E-state index contributed by atoms with van der Waals surface area (Å²) in [5, 5.41) is 0. The average molecular weight is 305 g/mol. The summed E-state index contributed by atoms with van der Waals surface area (Å²) in [6.07, 6.45) is 4.93. The highest BCUT2D eigenvalue weighted by Gasteiger charge is 2.07. The molecule has 112 valence electrons. The van der Waals surface area contributed by atoms with E-state index in [1.807, 2.05) is 30.3 Å². The monoisotopic (exact) mass is 305 g/mol. The molecule has 2 aromatic heterocycles. The first-order valence-electron chi connectivity index (χ1n) is 7.17. The summed E-state index contributed by atoms with van der Waals surface area (Å²) in [7, 11) is 0. The smallest absolute Gasteiger partial charge is 0.220 e. The van der Waals surface area contributed by atoms with Gasteiger partial charge >= 0.3 is 0 Å². The Balaban J connectivity index is 1.68. The molecule has 0 aliphatic heterocycles. The second-order valence-electron chi connectivity index (χ2n) is 5.07. The highest BCUT2D eigenvalue weighted by atomic mass is 19.1. The van der Waals surface area contributed by atoms with Crippen molar-refractivity contribution in [3.63, 3.8) is 0 Å². The fraction of sp³-hybridized carbons (Fsp3) is 0. The van der Waals surface area contributed by atoms with Crippen LogP contribution >= 0.6 is 0 Å². The molecule has 2 heterocycles. The number of furan rings is 1. The molecule has 4 heteroatoms. The molecule has 0 saturated heterocycles. The van der Waals surface area contributed by atoms with E-state index in [0.29, 0.717) is 17.0 Å². The number of halogens is 1. The summed E-state index contributed by atoms with van der Waals surface area (Å²) in [5.74, 6) is 0.929. The Labute approximate surface area is 131 Å². The minimum absolute atomic E-state index is 0.278. The van der Waals surface area contributed by atoms with Crippen molar-refractivity contribution in [2.45, 2.75) is 0 Å². The summed E-state index contributed by atoms with van der Waals surface area (Å²) < 4.78 is 24.6. The topological polar surface area (TPSA) is 39.2 Å². The van der Waals surface area contributed by atoms with Crippen LogP contribution in [-0.2, 0) is 0 Å². The van der Waals surface area contributed by atoms with Crippen LogP contribution in [0.2, 0.25) is 0 Å². The highest BCUT2D eigenvalue weighted by molar-refractivity contribution is 5.80. The number of nitrogens with zero attached hydrogens (tertiary/aromatic N) is 1. The zero-order valence-corrected chi connectivity index (χ0v) is 12.1. The Morgan fingerprint density at radius 2 is 1.87 bits per heavy atom. The molecule has 4 aromatic rings. The van der Waals surface area contributed by atoms with Crippen LogP contribution in [0.5, 0.6) is 0 Å². The van der Waals surface area contributed by atoms with Crippen molar-refractivity contribution < 1.29 is 13.2 Å². The summed E-state index contributed by atoms with van der Waals surface area (Å²) in [6, 6.07) is 15.9. The predicted molar refractivity (Wildman–Crippen MR) is 87.0 cm³/mol. The van der Waals surface area contributed by atoms with E-state index in [0.717, 1.165) is 16.8 Å². The van der Waals surface area contributed by atoms with Gasteiger partial charge in [-0.2, -0.15) is 0 Å². The van der Waals surface area contributed by atoms with Gasteiger partial charge < -0.3 is 8.83 Å². The largest absolute Gasteiger partial charge is 0.464 e. The molecule has 2 aromatic carbocycles. The first-order chi connectivity index (χ1) is 11.3. The molecule has 3 nitrogen and oxygen atoms in total. The van der Waals surface area contributed by atoms with Gasteiger partial charge in [-0.1, -0.05) is 18.2 Å². The molecular formula is C19H12FNO2. The van der Waals surface area contributed by atoms with E-state index < -0.39 is 0 Å². The van der Waals surface area contributed by atoms with Crippen LogP contribution in [-0.4, -0.2) is 4.98 Å². The summed E-state index contributed by atoms with van der Waals surface area (Å²) in [4.78, 5) is 4.41. The summed E-state index contributed by atoms with van der Waals surface area (Å²) in [5.41, 5.74) is 2.83. The van der Waals surface area contributed by atoms with Gasteiger partial charge in [0, 0.05) is 17.2 Å². The van der Waals surface area contributed by atoms with Gasteiger partial charge in [-0.3, -0.25) is 0 Å². The second kappa shape index (κ2) is 5.57. The molecule has 0 atom stereocenters. The van der Waals surface area contributed by atoms with Crippen LogP contribution in [0, 0.1) is 5.82 Å². The Bertz CT molecular complexity index is 984. The molecule has 0 N–H and O–H groups in total. The van der Waals surface area contributed by atoms with Crippen molar-refractivity contribution >= 4 is 23.3 Å². The van der Waals surface area contributed by atoms with Crippen molar-refractivity contribution in [1.29, 1.82) is 0 Å². The lowest BCUT2D eigenvalue weighted by Gasteiger charge is -1.94. The van der Waals surface area contributed by atoms with Gasteiger partial charge in [0.1, 0.15) is 17.1 Å². The predicted octanol–water partition coefficient (Wildman–Crippen LogP) is 5.40. The zero-order valence-electron chi connectivity index (χ0n) is 12.1. The maximum absolute atomic E-state index is 13.6. The molecule has 0 aliphatic rings. The lowest BCUT2D eigenvalue weighted by atomic mass is 10.1. The van der Waals surface area contributed by atoms with Crippen LogP contribution < -0.4 is 0 Å². The van der Waals surface area contributed by atoms with Crippen molar-refractivity contribution in [3.8, 4) is 11.3 Å². The number of aromatic nitrogens is 1. The van der Waals surface area contributed by atoms with Crippen molar-refractivity contribution in [2.24, 2.45) is 0 Å². The van der Waals surface area contributed by atoms with E-state index >= 15 is 0 Å². The molecule has 23 heavy (non-hydrogen) atoms. The molecule has 0 saturated carbocycles. The molecule has 0 radical (unpaired) electrons. The highest BCUT2D eigenvalue weighted by Crippen LogP contribution is 2.25. The molecule has 0 aliphatic carbocycles. The Kier molecular flexibility index (Phi) is 3.27. The maximum Gasteiger partial charge on any atom is 0.220 e. The van der Waals surface area contributed by atoms with Gasteiger partial charge in [-0.15, -0.1) is 0 Å². The SMILES string of the molecule is Fc1ccccc1/C=C/c1nc2cc(-c3ccco3)ccc2o1. The van der Waals surface area contributed by atoms with Crippen LogP contribution in [0.25, 0.3) is 34.6 Å². The second-order valence-corrected chi connectivity index (χ2v) is 5.07. The van der Waals surface area contributed by atoms with E-state index in [4.69, 9.17) is 8.83 Å². The fourth-order valence-corrected chi connectivity index (χ4v) is 2.38. The van der Waals surface area contributed by atoms with Gasteiger partial charge in [-0.05, 0) is 42.5 Å². The minimum atomic E-state index is -0.278. The minimum Gasteiger partial charge on any atom is -0.464 e. The standard InChI is InChI=1S/C19H12FNO2/c20-15-5-2-1-4-13(15)8-10-19-21-16-12-14(7-9-18(16)23-19)17-6-3-11-22-17/h1-12H/b10-8+. The first kappa shape index (κ1) is 13.5. The van der Waals surface area contributed by atoms with E-state index in [2.05, 4.69) is 4.98 Å². The van der Waals surface area contributed by atoms with E-state index in [1.54, 1.807) is 36.6 Å².